The molecule has 3 aromatic carbocycles. The largest absolute Gasteiger partial charge is 0.481 e. The third kappa shape index (κ3) is 8.93. The van der Waals surface area contributed by atoms with E-state index < -0.39 is 17.6 Å². The van der Waals surface area contributed by atoms with Gasteiger partial charge in [-0.2, -0.15) is 0 Å². The number of hydrogen-bond acceptors (Lipinski definition) is 1. The molecule has 35 heavy (non-hydrogen) atoms. The highest BCUT2D eigenvalue weighted by Crippen LogP contribution is 2.29. The number of hydrogen-bond donors (Lipinski definition) is 1. The summed E-state index contributed by atoms with van der Waals surface area (Å²) in [4.78, 5) is 10.6. The summed E-state index contributed by atoms with van der Waals surface area (Å²) >= 11 is 0. The number of carboxylic acids is 1. The van der Waals surface area contributed by atoms with Crippen LogP contribution >= 0.6 is 0 Å². The third-order valence-electron chi connectivity index (χ3n) is 6.81. The Kier molecular flexibility index (Phi) is 10.0. The minimum absolute atomic E-state index is 0.0653. The molecule has 3 rings (SSSR count). The van der Waals surface area contributed by atoms with Gasteiger partial charge in [-0.3, -0.25) is 4.79 Å². The van der Waals surface area contributed by atoms with E-state index in [1.165, 1.54) is 39.9 Å². The van der Waals surface area contributed by atoms with Crippen LogP contribution in [0.5, 0.6) is 0 Å². The Morgan fingerprint density at radius 2 is 1.31 bits per heavy atom. The van der Waals surface area contributed by atoms with Crippen LogP contribution < -0.4 is 0 Å². The van der Waals surface area contributed by atoms with E-state index in [1.54, 1.807) is 0 Å². The SMILES string of the molecule is Cc1ccc(CC(CCCCc2ccc(CCCCC(=O)O)cc2)c2cc(F)cc(F)c2)cc1C. The van der Waals surface area contributed by atoms with E-state index >= 15 is 0 Å². The molecule has 0 radical (unpaired) electrons. The molecule has 4 heteroatoms. The van der Waals surface area contributed by atoms with E-state index in [0.717, 1.165) is 56.6 Å². The van der Waals surface area contributed by atoms with Crippen molar-refractivity contribution in [3.8, 4) is 0 Å². The normalized spacial score (nSPS) is 12.0. The Bertz CT molecular complexity index is 1090. The predicted octanol–water partition coefficient (Wildman–Crippen LogP) is 8.12. The average Bonchev–Trinajstić information content (AvgIpc) is 2.81. The summed E-state index contributed by atoms with van der Waals surface area (Å²) in [5.74, 6) is -1.71. The summed E-state index contributed by atoms with van der Waals surface area (Å²) in [6.07, 6.45) is 7.31. The van der Waals surface area contributed by atoms with Crippen LogP contribution in [0.1, 0.15) is 77.8 Å². The lowest BCUT2D eigenvalue weighted by molar-refractivity contribution is -0.137. The van der Waals surface area contributed by atoms with Crippen LogP contribution in [0, 0.1) is 25.5 Å². The second-order valence-electron chi connectivity index (χ2n) is 9.69. The number of unbranched alkanes of at least 4 members (excludes halogenated alkanes) is 2. The quantitative estimate of drug-likeness (QED) is 0.252. The zero-order valence-electron chi connectivity index (χ0n) is 20.8. The van der Waals surface area contributed by atoms with Crippen molar-refractivity contribution < 1.29 is 18.7 Å². The van der Waals surface area contributed by atoms with Crippen molar-refractivity contribution in [1.29, 1.82) is 0 Å². The van der Waals surface area contributed by atoms with E-state index in [2.05, 4.69) is 56.3 Å². The zero-order chi connectivity index (χ0) is 25.2. The molecular weight excluding hydrogens is 442 g/mol. The molecule has 1 N–H and O–H groups in total. The molecule has 0 aliphatic carbocycles. The van der Waals surface area contributed by atoms with Crippen molar-refractivity contribution in [2.45, 2.75) is 77.6 Å². The molecule has 0 saturated heterocycles. The van der Waals surface area contributed by atoms with E-state index in [1.807, 2.05) is 0 Å². The van der Waals surface area contributed by atoms with Crippen LogP contribution in [-0.4, -0.2) is 11.1 Å². The molecule has 3 aromatic rings. The van der Waals surface area contributed by atoms with E-state index in [-0.39, 0.29) is 12.3 Å². The molecule has 0 fully saturated rings. The molecule has 186 valence electrons. The maximum Gasteiger partial charge on any atom is 0.303 e. The average molecular weight is 479 g/mol. The second kappa shape index (κ2) is 13.2. The highest BCUT2D eigenvalue weighted by atomic mass is 19.1. The fourth-order valence-corrected chi connectivity index (χ4v) is 4.61. The molecule has 0 aromatic heterocycles. The summed E-state index contributed by atoms with van der Waals surface area (Å²) in [6.45, 7) is 4.18. The molecule has 0 saturated carbocycles. The zero-order valence-corrected chi connectivity index (χ0v) is 20.8. The van der Waals surface area contributed by atoms with Crippen LogP contribution in [0.4, 0.5) is 8.78 Å². The van der Waals surface area contributed by atoms with Crippen LogP contribution in [0.2, 0.25) is 0 Å². The van der Waals surface area contributed by atoms with Gasteiger partial charge in [0.2, 0.25) is 0 Å². The minimum Gasteiger partial charge on any atom is -0.481 e. The van der Waals surface area contributed by atoms with Crippen LogP contribution in [0.25, 0.3) is 0 Å². The van der Waals surface area contributed by atoms with Crippen LogP contribution in [0.15, 0.2) is 60.7 Å². The van der Waals surface area contributed by atoms with Crippen LogP contribution in [-0.2, 0) is 24.1 Å². The van der Waals surface area contributed by atoms with Gasteiger partial charge in [-0.15, -0.1) is 0 Å². The molecule has 0 spiro atoms. The van der Waals surface area contributed by atoms with Crippen molar-refractivity contribution in [2.75, 3.05) is 0 Å². The molecule has 0 aliphatic heterocycles. The first-order valence-corrected chi connectivity index (χ1v) is 12.6. The summed E-state index contributed by atoms with van der Waals surface area (Å²) < 4.78 is 27.9. The van der Waals surface area contributed by atoms with Gasteiger partial charge in [0.15, 0.2) is 0 Å². The number of halogens is 2. The van der Waals surface area contributed by atoms with Crippen LogP contribution in [0.3, 0.4) is 0 Å². The standard InChI is InChI=1S/C31H36F2O2/c1-22-11-12-26(17-23(22)2)18-27(28-19-29(32)21-30(33)20-28)9-5-3-7-24-13-15-25(16-14-24)8-4-6-10-31(34)35/h11-17,19-21,27H,3-10,18H2,1-2H3,(H,34,35). The summed E-state index contributed by atoms with van der Waals surface area (Å²) in [5.41, 5.74) is 6.92. The first-order chi connectivity index (χ1) is 16.8. The number of aliphatic carboxylic acids is 1. The Hall–Kier alpha value is -3.01. The maximum atomic E-state index is 14.0. The molecule has 1 unspecified atom stereocenters. The third-order valence-corrected chi connectivity index (χ3v) is 6.81. The van der Waals surface area contributed by atoms with Gasteiger partial charge in [0.25, 0.3) is 0 Å². The Morgan fingerprint density at radius 1 is 0.743 bits per heavy atom. The monoisotopic (exact) mass is 478 g/mol. The Labute approximate surface area is 208 Å². The number of carbonyl (C=O) groups is 1. The van der Waals surface area contributed by atoms with Gasteiger partial charge in [0.05, 0.1) is 0 Å². The molecule has 0 bridgehead atoms. The first-order valence-electron chi connectivity index (χ1n) is 12.6. The van der Waals surface area contributed by atoms with Crippen molar-refractivity contribution in [3.05, 3.63) is 106 Å². The Balaban J connectivity index is 1.55. The molecule has 0 amide bonds. The molecule has 0 aliphatic rings. The molecular formula is C31H36F2O2. The van der Waals surface area contributed by atoms with Gasteiger partial charge in [-0.25, -0.2) is 8.78 Å². The van der Waals surface area contributed by atoms with E-state index in [0.29, 0.717) is 6.42 Å². The second-order valence-corrected chi connectivity index (χ2v) is 9.69. The fraction of sp³-hybridized carbons (Fsp3) is 0.387. The van der Waals surface area contributed by atoms with Gasteiger partial charge in [-0.05, 0) is 110 Å². The van der Waals surface area contributed by atoms with Gasteiger partial charge >= 0.3 is 5.97 Å². The van der Waals surface area contributed by atoms with E-state index in [4.69, 9.17) is 5.11 Å². The first kappa shape index (κ1) is 26.6. The lowest BCUT2D eigenvalue weighted by Crippen LogP contribution is -2.05. The minimum atomic E-state index is -0.737. The topological polar surface area (TPSA) is 37.3 Å². The van der Waals surface area contributed by atoms with Gasteiger partial charge in [0, 0.05) is 12.5 Å². The summed E-state index contributed by atoms with van der Waals surface area (Å²) in [7, 11) is 0. The highest BCUT2D eigenvalue weighted by molar-refractivity contribution is 5.66. The number of carboxylic acid groups (broad SMARTS) is 1. The smallest absolute Gasteiger partial charge is 0.303 e. The molecule has 1 atom stereocenters. The maximum absolute atomic E-state index is 14.0. The summed E-state index contributed by atoms with van der Waals surface area (Å²) in [6, 6.07) is 18.9. The molecule has 2 nitrogen and oxygen atoms in total. The lowest BCUT2D eigenvalue weighted by Gasteiger charge is -2.19. The lowest BCUT2D eigenvalue weighted by atomic mass is 9.86. The van der Waals surface area contributed by atoms with Crippen molar-refractivity contribution in [2.24, 2.45) is 0 Å². The Morgan fingerprint density at radius 3 is 1.89 bits per heavy atom. The van der Waals surface area contributed by atoms with Crippen molar-refractivity contribution >= 4 is 5.97 Å². The fourth-order valence-electron chi connectivity index (χ4n) is 4.61. The molecule has 0 heterocycles. The van der Waals surface area contributed by atoms with Crippen molar-refractivity contribution in [3.63, 3.8) is 0 Å². The van der Waals surface area contributed by atoms with Gasteiger partial charge in [-0.1, -0.05) is 48.9 Å². The van der Waals surface area contributed by atoms with Crippen molar-refractivity contribution in [1.82, 2.24) is 0 Å². The van der Waals surface area contributed by atoms with Gasteiger partial charge < -0.3 is 5.11 Å². The number of rotatable bonds is 13. The van der Waals surface area contributed by atoms with E-state index in [9.17, 15) is 13.6 Å². The number of benzene rings is 3. The summed E-state index contributed by atoms with van der Waals surface area (Å²) in [5, 5.41) is 8.73. The predicted molar refractivity (Wildman–Crippen MR) is 138 cm³/mol. The number of aryl methyl sites for hydroxylation is 4. The highest BCUT2D eigenvalue weighted by Gasteiger charge is 2.15. The van der Waals surface area contributed by atoms with Gasteiger partial charge in [0.1, 0.15) is 11.6 Å².